The van der Waals surface area contributed by atoms with Gasteiger partial charge in [-0.15, -0.1) is 0 Å². The van der Waals surface area contributed by atoms with E-state index >= 15 is 0 Å². The van der Waals surface area contributed by atoms with Gasteiger partial charge >= 0.3 is 5.97 Å². The van der Waals surface area contributed by atoms with Gasteiger partial charge < -0.3 is 15.4 Å². The number of ether oxygens (including phenoxy) is 1. The van der Waals surface area contributed by atoms with Gasteiger partial charge in [0.1, 0.15) is 6.54 Å². The van der Waals surface area contributed by atoms with Crippen LogP contribution in [0.15, 0.2) is 12.3 Å². The molecule has 0 amide bonds. The fraction of sp³-hybridized carbons (Fsp3) is 0.500. The maximum Gasteiger partial charge on any atom is 0.325 e. The number of esters is 1. The lowest BCUT2D eigenvalue weighted by molar-refractivity contribution is -0.138. The second-order valence-corrected chi connectivity index (χ2v) is 3.92. The zero-order chi connectivity index (χ0) is 12.8. The van der Waals surface area contributed by atoms with Crippen molar-refractivity contribution >= 4 is 17.5 Å². The van der Waals surface area contributed by atoms with Crippen molar-refractivity contribution in [1.82, 2.24) is 4.98 Å². The molecule has 0 fully saturated rings. The number of aryl methyl sites for hydroxylation is 1. The largest absolute Gasteiger partial charge is 0.468 e. The predicted molar refractivity (Wildman–Crippen MR) is 67.9 cm³/mol. The van der Waals surface area contributed by atoms with Gasteiger partial charge in [0.05, 0.1) is 12.8 Å². The van der Waals surface area contributed by atoms with Gasteiger partial charge in [-0.3, -0.25) is 4.79 Å². The first-order valence-electron chi connectivity index (χ1n) is 5.62. The highest BCUT2D eigenvalue weighted by atomic mass is 16.5. The van der Waals surface area contributed by atoms with E-state index in [9.17, 15) is 4.79 Å². The van der Waals surface area contributed by atoms with Crippen molar-refractivity contribution < 1.29 is 9.53 Å². The van der Waals surface area contributed by atoms with Gasteiger partial charge in [0.2, 0.25) is 0 Å². The molecular weight excluding hydrogens is 218 g/mol. The predicted octanol–water partition coefficient (Wildman–Crippen LogP) is 1.36. The van der Waals surface area contributed by atoms with E-state index < -0.39 is 0 Å². The van der Waals surface area contributed by atoms with Crippen LogP contribution in [0.1, 0.15) is 18.9 Å². The van der Waals surface area contributed by atoms with Gasteiger partial charge in [-0.05, 0) is 25.0 Å². The van der Waals surface area contributed by atoms with Crippen LogP contribution in [0.25, 0.3) is 0 Å². The highest BCUT2D eigenvalue weighted by Gasteiger charge is 2.14. The summed E-state index contributed by atoms with van der Waals surface area (Å²) in [6.07, 6.45) is 2.65. The molecule has 1 aromatic rings. The Kier molecular flexibility index (Phi) is 4.75. The standard InChI is InChI=1S/C12H19N3O2/c1-4-5-15(8-11(16)17-3)12-10(13)6-9(2)7-14-12/h6-7H,4-5,8,13H2,1-3H3. The van der Waals surface area contributed by atoms with Gasteiger partial charge in [-0.1, -0.05) is 6.92 Å². The quantitative estimate of drug-likeness (QED) is 0.783. The van der Waals surface area contributed by atoms with Gasteiger partial charge in [0.25, 0.3) is 0 Å². The molecule has 1 rings (SSSR count). The first-order chi connectivity index (χ1) is 8.08. The number of aromatic nitrogens is 1. The van der Waals surface area contributed by atoms with Crippen molar-refractivity contribution in [3.8, 4) is 0 Å². The second-order valence-electron chi connectivity index (χ2n) is 3.92. The van der Waals surface area contributed by atoms with Crippen LogP contribution < -0.4 is 10.6 Å². The highest BCUT2D eigenvalue weighted by Crippen LogP contribution is 2.21. The minimum absolute atomic E-state index is 0.171. The van der Waals surface area contributed by atoms with E-state index in [4.69, 9.17) is 5.73 Å². The molecule has 0 aromatic carbocycles. The maximum atomic E-state index is 11.3. The smallest absolute Gasteiger partial charge is 0.325 e. The van der Waals surface area contributed by atoms with E-state index in [0.29, 0.717) is 11.5 Å². The van der Waals surface area contributed by atoms with Crippen LogP contribution in [0.2, 0.25) is 0 Å². The van der Waals surface area contributed by atoms with Crippen molar-refractivity contribution in [3.05, 3.63) is 17.8 Å². The number of pyridine rings is 1. The number of nitrogens with two attached hydrogens (primary N) is 1. The maximum absolute atomic E-state index is 11.3. The van der Waals surface area contributed by atoms with Crippen LogP contribution >= 0.6 is 0 Å². The number of rotatable bonds is 5. The molecule has 0 aliphatic rings. The number of nitrogens with zero attached hydrogens (tertiary/aromatic N) is 2. The molecule has 1 heterocycles. The SMILES string of the molecule is CCCN(CC(=O)OC)c1ncc(C)cc1N. The number of carbonyl (C=O) groups is 1. The van der Waals surface area contributed by atoms with Crippen molar-refractivity contribution in [1.29, 1.82) is 0 Å². The number of methoxy groups -OCH3 is 1. The Bertz CT molecular complexity index is 393. The summed E-state index contributed by atoms with van der Waals surface area (Å²) in [7, 11) is 1.37. The van der Waals surface area contributed by atoms with Crippen molar-refractivity contribution in [3.63, 3.8) is 0 Å². The molecule has 0 bridgehead atoms. The number of hydrogen-bond acceptors (Lipinski definition) is 5. The van der Waals surface area contributed by atoms with Crippen molar-refractivity contribution in [2.75, 3.05) is 30.8 Å². The van der Waals surface area contributed by atoms with Crippen LogP contribution in [0.5, 0.6) is 0 Å². The fourth-order valence-electron chi connectivity index (χ4n) is 1.60. The Morgan fingerprint density at radius 2 is 2.29 bits per heavy atom. The summed E-state index contributed by atoms with van der Waals surface area (Å²) in [5.41, 5.74) is 7.50. The summed E-state index contributed by atoms with van der Waals surface area (Å²) >= 11 is 0. The van der Waals surface area contributed by atoms with E-state index in [-0.39, 0.29) is 12.5 Å². The molecule has 1 aromatic heterocycles. The van der Waals surface area contributed by atoms with Crippen LogP contribution in [0, 0.1) is 6.92 Å². The molecular formula is C12H19N3O2. The molecule has 0 radical (unpaired) electrons. The second kappa shape index (κ2) is 6.08. The van der Waals surface area contributed by atoms with Gasteiger partial charge in [-0.2, -0.15) is 0 Å². The first-order valence-corrected chi connectivity index (χ1v) is 5.62. The van der Waals surface area contributed by atoms with E-state index in [1.165, 1.54) is 7.11 Å². The topological polar surface area (TPSA) is 68.5 Å². The number of nitrogen functional groups attached to an aromatic ring is 1. The average molecular weight is 237 g/mol. The summed E-state index contributed by atoms with van der Waals surface area (Å²) < 4.78 is 4.66. The minimum atomic E-state index is -0.291. The minimum Gasteiger partial charge on any atom is -0.468 e. The van der Waals surface area contributed by atoms with Gasteiger partial charge in [-0.25, -0.2) is 4.98 Å². The first kappa shape index (κ1) is 13.3. The highest BCUT2D eigenvalue weighted by molar-refractivity contribution is 5.77. The Morgan fingerprint density at radius 1 is 1.59 bits per heavy atom. The normalized spacial score (nSPS) is 10.1. The molecule has 0 unspecified atom stereocenters. The molecule has 0 saturated heterocycles. The van der Waals surface area contributed by atoms with Crippen LogP contribution in [0.3, 0.4) is 0 Å². The molecule has 2 N–H and O–H groups in total. The molecule has 0 aliphatic heterocycles. The molecule has 94 valence electrons. The molecule has 0 atom stereocenters. The summed E-state index contributed by atoms with van der Waals surface area (Å²) in [6, 6.07) is 1.85. The van der Waals surface area contributed by atoms with Gasteiger partial charge in [0, 0.05) is 12.7 Å². The lowest BCUT2D eigenvalue weighted by Crippen LogP contribution is -2.32. The summed E-state index contributed by atoms with van der Waals surface area (Å²) in [5.74, 6) is 0.350. The van der Waals surface area contributed by atoms with Crippen LogP contribution in [-0.2, 0) is 9.53 Å². The Balaban J connectivity index is 2.92. The summed E-state index contributed by atoms with van der Waals surface area (Å²) in [4.78, 5) is 17.4. The van der Waals surface area contributed by atoms with E-state index in [0.717, 1.165) is 18.5 Å². The average Bonchev–Trinajstić information content (AvgIpc) is 2.28. The molecule has 0 spiro atoms. The number of anilines is 2. The molecule has 0 saturated carbocycles. The van der Waals surface area contributed by atoms with Crippen LogP contribution in [-0.4, -0.2) is 31.2 Å². The van der Waals surface area contributed by atoms with Crippen molar-refractivity contribution in [2.24, 2.45) is 0 Å². The third-order valence-corrected chi connectivity index (χ3v) is 2.37. The van der Waals surface area contributed by atoms with E-state index in [2.05, 4.69) is 9.72 Å². The zero-order valence-corrected chi connectivity index (χ0v) is 10.6. The monoisotopic (exact) mass is 237 g/mol. The third-order valence-electron chi connectivity index (χ3n) is 2.37. The van der Waals surface area contributed by atoms with E-state index in [1.807, 2.05) is 24.8 Å². The molecule has 5 nitrogen and oxygen atoms in total. The van der Waals surface area contributed by atoms with E-state index in [1.54, 1.807) is 6.20 Å². The Hall–Kier alpha value is -1.78. The lowest BCUT2D eigenvalue weighted by Gasteiger charge is -2.23. The molecule has 17 heavy (non-hydrogen) atoms. The third kappa shape index (κ3) is 3.62. The Morgan fingerprint density at radius 3 is 2.82 bits per heavy atom. The number of hydrogen-bond donors (Lipinski definition) is 1. The zero-order valence-electron chi connectivity index (χ0n) is 10.6. The summed E-state index contributed by atoms with van der Waals surface area (Å²) in [6.45, 7) is 4.85. The number of carbonyl (C=O) groups excluding carboxylic acids is 1. The van der Waals surface area contributed by atoms with Crippen LogP contribution in [0.4, 0.5) is 11.5 Å². The molecule has 5 heteroatoms. The lowest BCUT2D eigenvalue weighted by atomic mass is 10.2. The Labute approximate surface area is 102 Å². The van der Waals surface area contributed by atoms with Crippen molar-refractivity contribution in [2.45, 2.75) is 20.3 Å². The fourth-order valence-corrected chi connectivity index (χ4v) is 1.60. The molecule has 0 aliphatic carbocycles. The summed E-state index contributed by atoms with van der Waals surface area (Å²) in [5, 5.41) is 0. The van der Waals surface area contributed by atoms with Gasteiger partial charge in [0.15, 0.2) is 5.82 Å².